The molecule has 7 nitrogen and oxygen atoms in total. The third-order valence-electron chi connectivity index (χ3n) is 5.26. The molecule has 7 heteroatoms. The van der Waals surface area contributed by atoms with Crippen LogP contribution in [0.2, 0.25) is 0 Å². The van der Waals surface area contributed by atoms with Crippen molar-refractivity contribution >= 4 is 11.0 Å². The molecule has 0 spiro atoms. The number of H-pyrrole nitrogens is 2. The van der Waals surface area contributed by atoms with E-state index >= 15 is 0 Å². The van der Waals surface area contributed by atoms with Gasteiger partial charge in [-0.05, 0) is 49.3 Å². The van der Waals surface area contributed by atoms with Gasteiger partial charge in [-0.1, -0.05) is 19.9 Å². The molecule has 0 bridgehead atoms. The van der Waals surface area contributed by atoms with Gasteiger partial charge in [0.2, 0.25) is 0 Å². The van der Waals surface area contributed by atoms with Crippen LogP contribution in [-0.4, -0.2) is 33.4 Å². The number of methoxy groups -OCH3 is 1. The second kappa shape index (κ2) is 7.66. The van der Waals surface area contributed by atoms with Crippen molar-refractivity contribution in [3.8, 4) is 11.5 Å². The van der Waals surface area contributed by atoms with Crippen LogP contribution in [0, 0.1) is 0 Å². The van der Waals surface area contributed by atoms with Gasteiger partial charge in [0.05, 0.1) is 18.9 Å². The number of nitrogens with zero attached hydrogens (tertiary/aromatic N) is 2. The normalized spacial score (nSPS) is 14.9. The third-order valence-corrected chi connectivity index (χ3v) is 5.26. The van der Waals surface area contributed by atoms with E-state index in [0.717, 1.165) is 29.8 Å². The predicted molar refractivity (Wildman–Crippen MR) is 107 cm³/mol. The molecule has 0 aliphatic heterocycles. The summed E-state index contributed by atoms with van der Waals surface area (Å²) in [5.74, 6) is 2.29. The van der Waals surface area contributed by atoms with Gasteiger partial charge in [0.25, 0.3) is 5.56 Å². The van der Waals surface area contributed by atoms with Gasteiger partial charge in [0.1, 0.15) is 11.3 Å². The average Bonchev–Trinajstić information content (AvgIpc) is 3.32. The Bertz CT molecular complexity index is 1030. The lowest BCUT2D eigenvalue weighted by Gasteiger charge is -2.16. The molecule has 1 aliphatic rings. The highest BCUT2D eigenvalue weighted by Crippen LogP contribution is 2.32. The Hall–Kier alpha value is -2.83. The van der Waals surface area contributed by atoms with Crippen molar-refractivity contribution in [3.05, 3.63) is 45.6 Å². The summed E-state index contributed by atoms with van der Waals surface area (Å²) in [7, 11) is 1.65. The Kier molecular flexibility index (Phi) is 5.07. The first-order chi connectivity index (χ1) is 13.5. The molecule has 0 saturated heterocycles. The summed E-state index contributed by atoms with van der Waals surface area (Å²) in [5, 5.41) is 7.04. The lowest BCUT2D eigenvalue weighted by atomic mass is 10.1. The first-order valence-corrected chi connectivity index (χ1v) is 9.86. The predicted octanol–water partition coefficient (Wildman–Crippen LogP) is 3.69. The maximum Gasteiger partial charge on any atom is 0.279 e. The molecule has 3 aromatic rings. The van der Waals surface area contributed by atoms with Gasteiger partial charge in [-0.15, -0.1) is 0 Å². The van der Waals surface area contributed by atoms with Crippen LogP contribution >= 0.6 is 0 Å². The Balaban J connectivity index is 1.61. The van der Waals surface area contributed by atoms with Crippen LogP contribution in [0.5, 0.6) is 11.5 Å². The molecule has 28 heavy (non-hydrogen) atoms. The van der Waals surface area contributed by atoms with Crippen LogP contribution < -0.4 is 15.0 Å². The van der Waals surface area contributed by atoms with E-state index in [9.17, 15) is 4.79 Å². The highest BCUT2D eigenvalue weighted by Gasteiger charge is 2.19. The van der Waals surface area contributed by atoms with Crippen LogP contribution in [0.3, 0.4) is 0 Å². The quantitative estimate of drug-likeness (QED) is 0.678. The number of benzene rings is 1. The third kappa shape index (κ3) is 3.61. The summed E-state index contributed by atoms with van der Waals surface area (Å²) in [6, 6.07) is 5.89. The maximum absolute atomic E-state index is 12.4. The summed E-state index contributed by atoms with van der Waals surface area (Å²) < 4.78 is 11.6. The van der Waals surface area contributed by atoms with Gasteiger partial charge in [-0.25, -0.2) is 4.98 Å². The molecule has 1 saturated carbocycles. The number of ether oxygens (including phenoxy) is 2. The fraction of sp³-hybridized carbons (Fsp3) is 0.476. The van der Waals surface area contributed by atoms with Crippen LogP contribution in [0.15, 0.2) is 23.0 Å². The van der Waals surface area contributed by atoms with E-state index in [0.29, 0.717) is 29.0 Å². The van der Waals surface area contributed by atoms with Gasteiger partial charge in [0.15, 0.2) is 17.0 Å². The Labute approximate surface area is 163 Å². The van der Waals surface area contributed by atoms with Crippen molar-refractivity contribution in [1.29, 1.82) is 0 Å². The molecule has 0 radical (unpaired) electrons. The van der Waals surface area contributed by atoms with Gasteiger partial charge in [-0.2, -0.15) is 5.10 Å². The van der Waals surface area contributed by atoms with E-state index in [1.807, 2.05) is 32.0 Å². The number of fused-ring (bicyclic) bond motifs is 1. The molecule has 2 heterocycles. The van der Waals surface area contributed by atoms with Gasteiger partial charge >= 0.3 is 0 Å². The molecule has 1 aliphatic carbocycles. The largest absolute Gasteiger partial charge is 0.493 e. The van der Waals surface area contributed by atoms with E-state index in [2.05, 4.69) is 20.2 Å². The lowest BCUT2D eigenvalue weighted by Crippen LogP contribution is -2.13. The highest BCUT2D eigenvalue weighted by atomic mass is 16.5. The smallest absolute Gasteiger partial charge is 0.279 e. The molecule has 0 unspecified atom stereocenters. The second-order valence-electron chi connectivity index (χ2n) is 7.69. The van der Waals surface area contributed by atoms with Crippen molar-refractivity contribution in [2.75, 3.05) is 7.11 Å². The highest BCUT2D eigenvalue weighted by molar-refractivity contribution is 5.76. The zero-order chi connectivity index (χ0) is 19.7. The summed E-state index contributed by atoms with van der Waals surface area (Å²) in [6.07, 6.45) is 5.40. The molecular weight excluding hydrogens is 356 g/mol. The summed E-state index contributed by atoms with van der Waals surface area (Å²) in [6.45, 7) is 4.09. The summed E-state index contributed by atoms with van der Waals surface area (Å²) in [4.78, 5) is 19.9. The van der Waals surface area contributed by atoms with Crippen molar-refractivity contribution in [2.45, 2.75) is 58.0 Å². The van der Waals surface area contributed by atoms with Crippen molar-refractivity contribution in [1.82, 2.24) is 20.2 Å². The van der Waals surface area contributed by atoms with E-state index < -0.39 is 0 Å². The van der Waals surface area contributed by atoms with E-state index in [1.165, 1.54) is 12.8 Å². The zero-order valence-electron chi connectivity index (χ0n) is 16.5. The number of hydrogen-bond acceptors (Lipinski definition) is 5. The minimum Gasteiger partial charge on any atom is -0.493 e. The summed E-state index contributed by atoms with van der Waals surface area (Å²) in [5.41, 5.74) is 2.64. The Morgan fingerprint density at radius 3 is 2.68 bits per heavy atom. The lowest BCUT2D eigenvalue weighted by molar-refractivity contribution is 0.200. The minimum atomic E-state index is -0.226. The van der Waals surface area contributed by atoms with E-state index in [4.69, 9.17) is 9.47 Å². The fourth-order valence-corrected chi connectivity index (χ4v) is 3.76. The number of hydrogen-bond donors (Lipinski definition) is 2. The first-order valence-electron chi connectivity index (χ1n) is 9.86. The molecule has 148 valence electrons. The SMILES string of the molecule is COc1cc(Cc2nc3c(C(C)C)[nH]nc3c(=O)[nH]2)ccc1OC1CCCC1. The van der Waals surface area contributed by atoms with Gasteiger partial charge in [-0.3, -0.25) is 9.89 Å². The average molecular weight is 382 g/mol. The Morgan fingerprint density at radius 2 is 1.96 bits per heavy atom. The Morgan fingerprint density at radius 1 is 1.18 bits per heavy atom. The van der Waals surface area contributed by atoms with E-state index in [-0.39, 0.29) is 17.6 Å². The molecule has 0 amide bonds. The number of nitrogens with one attached hydrogen (secondary N) is 2. The van der Waals surface area contributed by atoms with Crippen LogP contribution in [0.4, 0.5) is 0 Å². The standard InChI is InChI=1S/C21H26N4O3/c1-12(2)18-19-20(25-24-18)21(26)23-17(22-19)11-13-8-9-15(16(10-13)27-3)28-14-6-4-5-7-14/h8-10,12,14H,4-7,11H2,1-3H3,(H,24,25)(H,22,23,26). The van der Waals surface area contributed by atoms with Crippen LogP contribution in [0.1, 0.15) is 62.5 Å². The maximum atomic E-state index is 12.4. The zero-order valence-corrected chi connectivity index (χ0v) is 16.5. The van der Waals surface area contributed by atoms with Gasteiger partial charge in [0, 0.05) is 6.42 Å². The molecule has 0 atom stereocenters. The monoisotopic (exact) mass is 382 g/mol. The van der Waals surface area contributed by atoms with E-state index in [1.54, 1.807) is 7.11 Å². The molecular formula is C21H26N4O3. The number of aromatic nitrogens is 4. The van der Waals surface area contributed by atoms with Crippen LogP contribution in [-0.2, 0) is 6.42 Å². The van der Waals surface area contributed by atoms with Crippen LogP contribution in [0.25, 0.3) is 11.0 Å². The minimum absolute atomic E-state index is 0.208. The molecule has 2 N–H and O–H groups in total. The second-order valence-corrected chi connectivity index (χ2v) is 7.69. The first kappa shape index (κ1) is 18.5. The van der Waals surface area contributed by atoms with Crippen molar-refractivity contribution < 1.29 is 9.47 Å². The van der Waals surface area contributed by atoms with Gasteiger partial charge < -0.3 is 14.5 Å². The number of aromatic amines is 2. The summed E-state index contributed by atoms with van der Waals surface area (Å²) >= 11 is 0. The number of rotatable bonds is 6. The molecule has 4 rings (SSSR count). The molecule has 1 fully saturated rings. The molecule has 2 aromatic heterocycles. The van der Waals surface area contributed by atoms with Crippen molar-refractivity contribution in [2.24, 2.45) is 0 Å². The van der Waals surface area contributed by atoms with Crippen molar-refractivity contribution in [3.63, 3.8) is 0 Å². The topological polar surface area (TPSA) is 92.9 Å². The molecule has 1 aromatic carbocycles. The fourth-order valence-electron chi connectivity index (χ4n) is 3.76.